The smallest absolute Gasteiger partial charge is 0.259 e. The molecule has 2 heterocycles. The first kappa shape index (κ1) is 15.4. The first-order chi connectivity index (χ1) is 11.1. The van der Waals surface area contributed by atoms with E-state index in [-0.39, 0.29) is 12.2 Å². The fourth-order valence-electron chi connectivity index (χ4n) is 2.26. The molecule has 1 N–H and O–H groups in total. The van der Waals surface area contributed by atoms with Crippen molar-refractivity contribution < 1.29 is 14.2 Å². The first-order valence-electron chi connectivity index (χ1n) is 6.95. The van der Waals surface area contributed by atoms with Gasteiger partial charge in [0.1, 0.15) is 17.3 Å². The lowest BCUT2D eigenvalue weighted by molar-refractivity contribution is 0.259. The molecule has 0 unspecified atom stereocenters. The predicted octanol–water partition coefficient (Wildman–Crippen LogP) is 2.89. The van der Waals surface area contributed by atoms with Crippen LogP contribution < -0.4 is 19.8 Å². The number of rotatable bonds is 5. The van der Waals surface area contributed by atoms with E-state index in [1.807, 2.05) is 19.1 Å². The first-order valence-corrected chi connectivity index (χ1v) is 7.77. The molecule has 0 saturated heterocycles. The monoisotopic (exact) mass is 332 g/mol. The third-order valence-electron chi connectivity index (χ3n) is 3.31. The Kier molecular flexibility index (Phi) is 4.20. The van der Waals surface area contributed by atoms with Crippen molar-refractivity contribution in [2.75, 3.05) is 14.2 Å². The average Bonchev–Trinajstić information content (AvgIpc) is 2.93. The number of thiophene rings is 1. The molecule has 0 spiro atoms. The van der Waals surface area contributed by atoms with Gasteiger partial charge in [-0.3, -0.25) is 4.79 Å². The zero-order chi connectivity index (χ0) is 16.4. The Hall–Kier alpha value is -2.54. The van der Waals surface area contributed by atoms with Gasteiger partial charge in [-0.15, -0.1) is 11.3 Å². The Morgan fingerprint density at radius 2 is 1.91 bits per heavy atom. The molecule has 0 saturated carbocycles. The number of benzene rings is 1. The van der Waals surface area contributed by atoms with Gasteiger partial charge in [0.15, 0.2) is 11.5 Å². The molecule has 0 atom stereocenters. The Balaban J connectivity index is 1.91. The maximum Gasteiger partial charge on any atom is 0.259 e. The third kappa shape index (κ3) is 3.00. The SMILES string of the molecule is COc1cccc(OC)c1OCc1nc2sc(C)cc2c(=O)[nH]1. The topological polar surface area (TPSA) is 73.4 Å². The van der Waals surface area contributed by atoms with Crippen molar-refractivity contribution in [2.45, 2.75) is 13.5 Å². The minimum Gasteiger partial charge on any atom is -0.493 e. The normalized spacial score (nSPS) is 10.7. The highest BCUT2D eigenvalue weighted by Gasteiger charge is 2.13. The molecule has 1 aromatic carbocycles. The molecule has 6 nitrogen and oxygen atoms in total. The van der Waals surface area contributed by atoms with E-state index in [0.29, 0.717) is 33.3 Å². The van der Waals surface area contributed by atoms with E-state index in [9.17, 15) is 4.79 Å². The van der Waals surface area contributed by atoms with Crippen LogP contribution in [0.3, 0.4) is 0 Å². The van der Waals surface area contributed by atoms with E-state index in [1.54, 1.807) is 26.4 Å². The number of methoxy groups -OCH3 is 2. The minimum absolute atomic E-state index is 0.110. The number of nitrogens with one attached hydrogen (secondary N) is 1. The summed E-state index contributed by atoms with van der Waals surface area (Å²) in [6.45, 7) is 2.06. The van der Waals surface area contributed by atoms with Gasteiger partial charge in [-0.25, -0.2) is 4.98 Å². The minimum atomic E-state index is -0.162. The summed E-state index contributed by atoms with van der Waals surface area (Å²) in [4.78, 5) is 21.0. The highest BCUT2D eigenvalue weighted by Crippen LogP contribution is 2.37. The van der Waals surface area contributed by atoms with Gasteiger partial charge in [0.05, 0.1) is 19.6 Å². The number of fused-ring (bicyclic) bond motifs is 1. The fourth-order valence-corrected chi connectivity index (χ4v) is 3.16. The molecule has 23 heavy (non-hydrogen) atoms. The molecule has 0 radical (unpaired) electrons. The summed E-state index contributed by atoms with van der Waals surface area (Å²) in [5, 5.41) is 0.603. The number of aromatic nitrogens is 2. The largest absolute Gasteiger partial charge is 0.493 e. The fraction of sp³-hybridized carbons (Fsp3) is 0.250. The van der Waals surface area contributed by atoms with E-state index < -0.39 is 0 Å². The van der Waals surface area contributed by atoms with Crippen LogP contribution in [0.1, 0.15) is 10.7 Å². The van der Waals surface area contributed by atoms with Crippen molar-refractivity contribution in [3.63, 3.8) is 0 Å². The van der Waals surface area contributed by atoms with Crippen molar-refractivity contribution in [3.05, 3.63) is 45.3 Å². The quantitative estimate of drug-likeness (QED) is 0.778. The van der Waals surface area contributed by atoms with Crippen molar-refractivity contribution in [1.82, 2.24) is 9.97 Å². The Bertz CT molecular complexity index is 878. The second-order valence-electron chi connectivity index (χ2n) is 4.87. The lowest BCUT2D eigenvalue weighted by atomic mass is 10.3. The highest BCUT2D eigenvalue weighted by molar-refractivity contribution is 7.18. The van der Waals surface area contributed by atoms with Gasteiger partial charge in [-0.1, -0.05) is 6.07 Å². The van der Waals surface area contributed by atoms with Gasteiger partial charge in [0.25, 0.3) is 5.56 Å². The Morgan fingerprint density at radius 1 is 1.22 bits per heavy atom. The predicted molar refractivity (Wildman–Crippen MR) is 88.9 cm³/mol. The molecule has 7 heteroatoms. The summed E-state index contributed by atoms with van der Waals surface area (Å²) < 4.78 is 16.3. The highest BCUT2D eigenvalue weighted by atomic mass is 32.1. The molecule has 0 aliphatic rings. The molecule has 2 aromatic heterocycles. The summed E-state index contributed by atoms with van der Waals surface area (Å²) in [6.07, 6.45) is 0. The molecule has 0 aliphatic heterocycles. The van der Waals surface area contributed by atoms with E-state index in [4.69, 9.17) is 14.2 Å². The van der Waals surface area contributed by atoms with Gasteiger partial charge in [0.2, 0.25) is 5.75 Å². The second-order valence-corrected chi connectivity index (χ2v) is 6.10. The zero-order valence-corrected chi connectivity index (χ0v) is 13.8. The van der Waals surface area contributed by atoms with Crippen LogP contribution in [0.2, 0.25) is 0 Å². The van der Waals surface area contributed by atoms with Gasteiger partial charge in [0, 0.05) is 4.88 Å². The Morgan fingerprint density at radius 3 is 2.57 bits per heavy atom. The molecule has 0 aliphatic carbocycles. The summed E-state index contributed by atoms with van der Waals surface area (Å²) in [7, 11) is 3.12. The molecule has 120 valence electrons. The summed E-state index contributed by atoms with van der Waals surface area (Å²) in [5.74, 6) is 2.04. The van der Waals surface area contributed by atoms with Crippen LogP contribution in [0.15, 0.2) is 29.1 Å². The number of nitrogens with zero attached hydrogens (tertiary/aromatic N) is 1. The summed E-state index contributed by atoms with van der Waals surface area (Å²) in [5.41, 5.74) is -0.162. The van der Waals surface area contributed by atoms with Crippen LogP contribution in [0, 0.1) is 6.92 Å². The van der Waals surface area contributed by atoms with Crippen LogP contribution in [0.4, 0.5) is 0 Å². The molecule has 0 bridgehead atoms. The van der Waals surface area contributed by atoms with Crippen LogP contribution in [0.5, 0.6) is 17.2 Å². The molecule has 3 aromatic rings. The maximum atomic E-state index is 12.1. The van der Waals surface area contributed by atoms with Gasteiger partial charge < -0.3 is 19.2 Å². The lowest BCUT2D eigenvalue weighted by Crippen LogP contribution is -2.12. The second kappa shape index (κ2) is 6.29. The summed E-state index contributed by atoms with van der Waals surface area (Å²) >= 11 is 1.48. The number of hydrogen-bond acceptors (Lipinski definition) is 6. The maximum absolute atomic E-state index is 12.1. The molecule has 0 amide bonds. The Labute approximate surface area is 136 Å². The molecular formula is C16H16N2O4S. The van der Waals surface area contributed by atoms with E-state index in [1.165, 1.54) is 11.3 Å². The standard InChI is InChI=1S/C16H16N2O4S/c1-9-7-10-15(19)17-13(18-16(10)23-9)8-22-14-11(20-2)5-4-6-12(14)21-3/h4-7H,8H2,1-3H3,(H,17,18,19). The molecular weight excluding hydrogens is 316 g/mol. The number of ether oxygens (including phenoxy) is 3. The number of aromatic amines is 1. The van der Waals surface area contributed by atoms with Crippen LogP contribution in [-0.4, -0.2) is 24.2 Å². The number of hydrogen-bond donors (Lipinski definition) is 1. The zero-order valence-electron chi connectivity index (χ0n) is 13.0. The van der Waals surface area contributed by atoms with E-state index in [2.05, 4.69) is 9.97 Å². The number of para-hydroxylation sites is 1. The number of aryl methyl sites for hydroxylation is 1. The average molecular weight is 332 g/mol. The van der Waals surface area contributed by atoms with Crippen molar-refractivity contribution in [1.29, 1.82) is 0 Å². The van der Waals surface area contributed by atoms with Crippen LogP contribution in [-0.2, 0) is 6.61 Å². The summed E-state index contributed by atoms with van der Waals surface area (Å²) in [6, 6.07) is 7.20. The van der Waals surface area contributed by atoms with E-state index >= 15 is 0 Å². The lowest BCUT2D eigenvalue weighted by Gasteiger charge is -2.13. The van der Waals surface area contributed by atoms with Crippen molar-refractivity contribution in [3.8, 4) is 17.2 Å². The molecule has 3 rings (SSSR count). The van der Waals surface area contributed by atoms with Crippen molar-refractivity contribution in [2.24, 2.45) is 0 Å². The van der Waals surface area contributed by atoms with E-state index in [0.717, 1.165) is 4.88 Å². The third-order valence-corrected chi connectivity index (χ3v) is 4.25. The van der Waals surface area contributed by atoms with Crippen LogP contribution in [0.25, 0.3) is 10.2 Å². The number of H-pyrrole nitrogens is 1. The van der Waals surface area contributed by atoms with Gasteiger partial charge in [-0.05, 0) is 25.1 Å². The van der Waals surface area contributed by atoms with Crippen molar-refractivity contribution >= 4 is 21.6 Å². The molecule has 0 fully saturated rings. The van der Waals surface area contributed by atoms with Crippen LogP contribution >= 0.6 is 11.3 Å². The van der Waals surface area contributed by atoms with Gasteiger partial charge in [-0.2, -0.15) is 0 Å². The van der Waals surface area contributed by atoms with Gasteiger partial charge >= 0.3 is 0 Å².